The predicted molar refractivity (Wildman–Crippen MR) is 162 cm³/mol. The first kappa shape index (κ1) is 31.2. The van der Waals surface area contributed by atoms with E-state index >= 15 is 0 Å². The minimum atomic E-state index is -2.68. The number of allylic oxidation sites excluding steroid dienone is 1. The topological polar surface area (TPSA) is 174 Å². The number of rotatable bonds is 7. The summed E-state index contributed by atoms with van der Waals surface area (Å²) in [5.41, 5.74) is 4.70. The molecule has 2 aromatic rings. The van der Waals surface area contributed by atoms with Gasteiger partial charge < -0.3 is 30.9 Å². The molecule has 44 heavy (non-hydrogen) atoms. The average Bonchev–Trinajstić information content (AvgIpc) is 2.94. The van der Waals surface area contributed by atoms with Crippen LogP contribution >= 0.6 is 0 Å². The van der Waals surface area contributed by atoms with Crippen molar-refractivity contribution in [3.05, 3.63) is 69.7 Å². The molecule has 6 N–H and O–H groups in total. The number of ether oxygens (including phenoxy) is 1. The van der Waals surface area contributed by atoms with E-state index in [4.69, 9.17) is 10.5 Å². The first-order valence-electron chi connectivity index (χ1n) is 14.5. The molecule has 3 aliphatic carbocycles. The van der Waals surface area contributed by atoms with Gasteiger partial charge in [0.05, 0.1) is 18.7 Å². The van der Waals surface area contributed by atoms with Gasteiger partial charge in [0, 0.05) is 29.6 Å². The number of aliphatic hydroxyl groups is 3. The lowest BCUT2D eigenvalue weighted by Crippen LogP contribution is -2.63. The molecular formula is C33H39N3O8. The Morgan fingerprint density at radius 3 is 2.39 bits per heavy atom. The van der Waals surface area contributed by atoms with Gasteiger partial charge in [-0.05, 0) is 88.6 Å². The Morgan fingerprint density at radius 1 is 1.11 bits per heavy atom. The molecule has 0 heterocycles. The van der Waals surface area contributed by atoms with Gasteiger partial charge in [0.1, 0.15) is 28.6 Å². The number of aromatic hydroxyl groups is 1. The third kappa shape index (κ3) is 4.58. The average molecular weight is 606 g/mol. The van der Waals surface area contributed by atoms with Crippen molar-refractivity contribution < 1.29 is 39.5 Å². The molecular weight excluding hydrogens is 566 g/mol. The number of hydrogen-bond acceptors (Lipinski definition) is 10. The van der Waals surface area contributed by atoms with Gasteiger partial charge in [-0.15, -0.1) is 0 Å². The van der Waals surface area contributed by atoms with E-state index in [1.807, 2.05) is 25.2 Å². The highest BCUT2D eigenvalue weighted by Crippen LogP contribution is 2.53. The van der Waals surface area contributed by atoms with Crippen LogP contribution in [0.25, 0.3) is 11.1 Å². The number of aliphatic hydroxyl groups excluding tert-OH is 2. The number of phenolic OH excluding ortho intramolecular Hbond substituents is 1. The van der Waals surface area contributed by atoms with E-state index in [1.54, 1.807) is 27.3 Å². The maximum Gasteiger partial charge on any atom is 0.255 e. The lowest BCUT2D eigenvalue weighted by atomic mass is 9.58. The van der Waals surface area contributed by atoms with Gasteiger partial charge in [0.15, 0.2) is 11.4 Å². The quantitative estimate of drug-likeness (QED) is 0.295. The van der Waals surface area contributed by atoms with Crippen molar-refractivity contribution in [1.82, 2.24) is 9.80 Å². The van der Waals surface area contributed by atoms with Crippen LogP contribution in [-0.2, 0) is 22.6 Å². The molecule has 0 aliphatic heterocycles. The number of hydrogen-bond donors (Lipinski definition) is 5. The monoisotopic (exact) mass is 605 g/mol. The summed E-state index contributed by atoms with van der Waals surface area (Å²) in [5, 5.41) is 45.2. The van der Waals surface area contributed by atoms with E-state index in [2.05, 4.69) is 18.7 Å². The summed E-state index contributed by atoms with van der Waals surface area (Å²) in [6.07, 6.45) is 0.222. The molecule has 0 saturated heterocycles. The van der Waals surface area contributed by atoms with Crippen molar-refractivity contribution in [1.29, 1.82) is 0 Å². The molecule has 3 aliphatic rings. The fourth-order valence-electron chi connectivity index (χ4n) is 7.04. The zero-order valence-corrected chi connectivity index (χ0v) is 25.7. The summed E-state index contributed by atoms with van der Waals surface area (Å²) in [7, 11) is 6.82. The lowest BCUT2D eigenvalue weighted by Gasteiger charge is -2.50. The van der Waals surface area contributed by atoms with E-state index in [1.165, 1.54) is 11.0 Å². The molecule has 0 saturated carbocycles. The second-order valence-corrected chi connectivity index (χ2v) is 12.5. The number of nitrogens with two attached hydrogens (primary N) is 1. The molecule has 0 bridgehead atoms. The highest BCUT2D eigenvalue weighted by molar-refractivity contribution is 6.24. The number of primary amides is 1. The number of carbonyl (C=O) groups excluding carboxylic acids is 3. The molecule has 0 fully saturated rings. The number of nitrogens with zero attached hydrogens (tertiary/aromatic N) is 2. The van der Waals surface area contributed by atoms with Crippen molar-refractivity contribution in [2.45, 2.75) is 50.9 Å². The smallest absolute Gasteiger partial charge is 0.255 e. The number of carbonyl (C=O) groups is 3. The van der Waals surface area contributed by atoms with E-state index in [9.17, 15) is 34.8 Å². The summed E-state index contributed by atoms with van der Waals surface area (Å²) < 4.78 is 5.61. The van der Waals surface area contributed by atoms with Crippen molar-refractivity contribution in [3.63, 3.8) is 0 Å². The predicted octanol–water partition coefficient (Wildman–Crippen LogP) is 2.64. The van der Waals surface area contributed by atoms with Crippen molar-refractivity contribution in [2.24, 2.45) is 17.6 Å². The van der Waals surface area contributed by atoms with Crippen LogP contribution in [0.2, 0.25) is 0 Å². The number of Topliss-reactive ketones (excluding diaryl/α,β-unsaturated/α-hetero) is 2. The maximum atomic E-state index is 14.1. The van der Waals surface area contributed by atoms with Crippen LogP contribution in [0.5, 0.6) is 11.5 Å². The summed E-state index contributed by atoms with van der Waals surface area (Å²) in [5.74, 6) is -6.06. The Bertz CT molecular complexity index is 1640. The maximum absolute atomic E-state index is 14.1. The Morgan fingerprint density at radius 2 is 1.80 bits per heavy atom. The van der Waals surface area contributed by atoms with E-state index in [0.717, 1.165) is 11.1 Å². The van der Waals surface area contributed by atoms with Gasteiger partial charge in [-0.25, -0.2) is 0 Å². The molecule has 11 heteroatoms. The molecule has 4 atom stereocenters. The summed E-state index contributed by atoms with van der Waals surface area (Å²) >= 11 is 0. The Kier molecular flexibility index (Phi) is 7.86. The van der Waals surface area contributed by atoms with E-state index < -0.39 is 58.0 Å². The molecule has 11 nitrogen and oxygen atoms in total. The lowest BCUT2D eigenvalue weighted by molar-refractivity contribution is -0.148. The Balaban J connectivity index is 1.67. The molecule has 0 aromatic heterocycles. The number of amides is 1. The third-order valence-corrected chi connectivity index (χ3v) is 9.50. The van der Waals surface area contributed by atoms with Crippen LogP contribution in [0.15, 0.2) is 53.0 Å². The Hall–Kier alpha value is -4.19. The van der Waals surface area contributed by atoms with Gasteiger partial charge in [-0.3, -0.25) is 24.2 Å². The zero-order chi connectivity index (χ0) is 32.4. The molecule has 1 amide bonds. The first-order valence-corrected chi connectivity index (χ1v) is 14.5. The molecule has 2 aromatic carbocycles. The van der Waals surface area contributed by atoms with E-state index in [-0.39, 0.29) is 35.8 Å². The Labute approximate surface area is 255 Å². The molecule has 234 valence electrons. The number of likely N-dealkylation sites (N-methyl/N-ethyl adjacent to an activating group) is 1. The van der Waals surface area contributed by atoms with Gasteiger partial charge in [-0.1, -0.05) is 12.1 Å². The highest BCUT2D eigenvalue weighted by atomic mass is 16.5. The third-order valence-electron chi connectivity index (χ3n) is 9.50. The highest BCUT2D eigenvalue weighted by Gasteiger charge is 2.63. The number of ketones is 2. The standard InChI is InChI=1S/C33H39N3O8/c1-15(2)36(5)14-18-11-16(7-10-23(18)44-6)19-8-9-22(37)25-20(19)12-17-13-21-27(35(3)4)29(39)26(32(34)42)31(41)33(21,43)30(40)24(17)28(25)38/h7-11,15,17,21,27,37,39-40,43H,12-14H2,1-6H3,(H2,34,42)/t17-,21-,27-,33-/m0/s1. The van der Waals surface area contributed by atoms with Gasteiger partial charge in [0.2, 0.25) is 5.78 Å². The van der Waals surface area contributed by atoms with Crippen molar-refractivity contribution >= 4 is 17.5 Å². The minimum absolute atomic E-state index is 0.0217. The number of methoxy groups -OCH3 is 1. The van der Waals surface area contributed by atoms with Crippen LogP contribution in [0, 0.1) is 11.8 Å². The molecule has 5 rings (SSSR count). The van der Waals surface area contributed by atoms with Crippen LogP contribution in [0.4, 0.5) is 0 Å². The second-order valence-electron chi connectivity index (χ2n) is 12.5. The molecule has 0 unspecified atom stereocenters. The summed E-state index contributed by atoms with van der Waals surface area (Å²) in [6, 6.07) is 8.13. The largest absolute Gasteiger partial charge is 0.510 e. The van der Waals surface area contributed by atoms with Crippen LogP contribution in [-0.4, -0.2) is 93.6 Å². The second kappa shape index (κ2) is 11.1. The minimum Gasteiger partial charge on any atom is -0.510 e. The SMILES string of the molecule is COc1ccc(-c2ccc(O)c3c2C[C@H]2C[C@H]4[C@H](N(C)C)C(O)=C(C(N)=O)C(=O)[C@@]4(O)C(O)=C2C3=O)cc1CN(C)C(C)C. The van der Waals surface area contributed by atoms with Crippen molar-refractivity contribution in [3.8, 4) is 22.6 Å². The number of benzene rings is 2. The number of fused-ring (bicyclic) bond motifs is 3. The molecule has 0 radical (unpaired) electrons. The van der Waals surface area contributed by atoms with Gasteiger partial charge in [0.25, 0.3) is 5.91 Å². The van der Waals surface area contributed by atoms with Crippen molar-refractivity contribution in [2.75, 3.05) is 28.3 Å². The normalized spacial score (nSPS) is 25.0. The van der Waals surface area contributed by atoms with Crippen LogP contribution in [0.3, 0.4) is 0 Å². The zero-order valence-electron chi connectivity index (χ0n) is 25.7. The van der Waals surface area contributed by atoms with Gasteiger partial charge in [-0.2, -0.15) is 0 Å². The fourth-order valence-corrected chi connectivity index (χ4v) is 7.04. The summed E-state index contributed by atoms with van der Waals surface area (Å²) in [6.45, 7) is 4.80. The van der Waals surface area contributed by atoms with E-state index in [0.29, 0.717) is 23.4 Å². The summed E-state index contributed by atoms with van der Waals surface area (Å²) in [4.78, 5) is 43.5. The van der Waals surface area contributed by atoms with Crippen LogP contribution < -0.4 is 10.5 Å². The van der Waals surface area contributed by atoms with Crippen LogP contribution in [0.1, 0.15) is 41.8 Å². The molecule has 0 spiro atoms. The number of phenols is 1. The van der Waals surface area contributed by atoms with Gasteiger partial charge >= 0.3 is 0 Å². The fraction of sp³-hybridized carbons (Fsp3) is 0.424. The first-order chi connectivity index (χ1) is 20.6.